The molecule has 7 nitrogen and oxygen atoms in total. The lowest BCUT2D eigenvalue weighted by Gasteiger charge is -2.20. The maximum atomic E-state index is 12.4. The summed E-state index contributed by atoms with van der Waals surface area (Å²) in [7, 11) is 0. The molecule has 1 heterocycles. The fourth-order valence-corrected chi connectivity index (χ4v) is 3.34. The molecule has 1 atom stereocenters. The van der Waals surface area contributed by atoms with E-state index in [1.54, 1.807) is 12.1 Å². The van der Waals surface area contributed by atoms with E-state index in [1.165, 1.54) is 43.3 Å². The fourth-order valence-electron chi connectivity index (χ4n) is 2.84. The van der Waals surface area contributed by atoms with Crippen LogP contribution in [0.4, 0.5) is 14.5 Å². The number of esters is 1. The van der Waals surface area contributed by atoms with Gasteiger partial charge in [-0.3, -0.25) is 19.3 Å². The van der Waals surface area contributed by atoms with Gasteiger partial charge >= 0.3 is 5.97 Å². The molecule has 0 unspecified atom stereocenters. The lowest BCUT2D eigenvalue weighted by atomic mass is 10.1. The van der Waals surface area contributed by atoms with Gasteiger partial charge in [0.1, 0.15) is 6.04 Å². The van der Waals surface area contributed by atoms with Gasteiger partial charge in [0, 0.05) is 10.6 Å². The molecule has 1 aliphatic rings. The maximum Gasteiger partial charge on any atom is 0.329 e. The topological polar surface area (TPSA) is 92.8 Å². The zero-order valence-corrected chi connectivity index (χ0v) is 16.4. The van der Waals surface area contributed by atoms with Crippen LogP contribution in [0, 0.1) is 0 Å². The lowest BCUT2D eigenvalue weighted by molar-refractivity contribution is -0.150. The van der Waals surface area contributed by atoms with Crippen LogP contribution in [0.2, 0.25) is 0 Å². The number of hydrogen-bond donors (Lipinski definition) is 1. The average molecular weight is 434 g/mol. The number of anilines is 1. The van der Waals surface area contributed by atoms with Crippen molar-refractivity contribution in [2.75, 3.05) is 11.9 Å². The van der Waals surface area contributed by atoms with Gasteiger partial charge < -0.3 is 10.1 Å². The average Bonchev–Trinajstić information content (AvgIpc) is 2.97. The number of halogens is 2. The highest BCUT2D eigenvalue weighted by molar-refractivity contribution is 7.99. The minimum absolute atomic E-state index is 0.202. The van der Waals surface area contributed by atoms with Crippen LogP contribution >= 0.6 is 11.8 Å². The Hall–Kier alpha value is -3.27. The Kier molecular flexibility index (Phi) is 6.46. The molecule has 0 spiro atoms. The smallest absolute Gasteiger partial charge is 0.329 e. The van der Waals surface area contributed by atoms with Gasteiger partial charge in [0.2, 0.25) is 0 Å². The maximum absolute atomic E-state index is 12.4. The van der Waals surface area contributed by atoms with Gasteiger partial charge in [0.15, 0.2) is 6.61 Å². The Morgan fingerprint density at radius 2 is 1.60 bits per heavy atom. The van der Waals surface area contributed by atoms with Gasteiger partial charge in [-0.2, -0.15) is 8.78 Å². The number of carbonyl (C=O) groups excluding carboxylic acids is 4. The Morgan fingerprint density at radius 1 is 1.03 bits per heavy atom. The number of thioether (sulfide) groups is 1. The summed E-state index contributed by atoms with van der Waals surface area (Å²) in [6, 6.07) is 10.7. The van der Waals surface area contributed by atoms with Crippen molar-refractivity contribution in [1.29, 1.82) is 0 Å². The van der Waals surface area contributed by atoms with Crippen molar-refractivity contribution in [3.63, 3.8) is 0 Å². The number of imide groups is 1. The second-order valence-corrected chi connectivity index (χ2v) is 7.32. The van der Waals surface area contributed by atoms with Gasteiger partial charge in [0.25, 0.3) is 23.5 Å². The predicted octanol–water partition coefficient (Wildman–Crippen LogP) is 3.17. The minimum Gasteiger partial charge on any atom is -0.454 e. The van der Waals surface area contributed by atoms with Crippen LogP contribution < -0.4 is 5.32 Å². The van der Waals surface area contributed by atoms with Crippen LogP contribution in [-0.4, -0.2) is 47.0 Å². The highest BCUT2D eigenvalue weighted by Crippen LogP contribution is 2.26. The third kappa shape index (κ3) is 4.65. The van der Waals surface area contributed by atoms with Crippen molar-refractivity contribution in [1.82, 2.24) is 4.90 Å². The van der Waals surface area contributed by atoms with Crippen molar-refractivity contribution in [3.05, 3.63) is 59.7 Å². The summed E-state index contributed by atoms with van der Waals surface area (Å²) < 4.78 is 29.5. The second kappa shape index (κ2) is 9.04. The lowest BCUT2D eigenvalue weighted by Crippen LogP contribution is -2.44. The van der Waals surface area contributed by atoms with Gasteiger partial charge in [0.05, 0.1) is 11.1 Å². The minimum atomic E-state index is -2.55. The number of fused-ring (bicyclic) bond motifs is 1. The van der Waals surface area contributed by atoms with E-state index in [4.69, 9.17) is 4.74 Å². The highest BCUT2D eigenvalue weighted by atomic mass is 32.2. The number of alkyl halides is 2. The van der Waals surface area contributed by atoms with E-state index < -0.39 is 42.1 Å². The molecule has 0 saturated carbocycles. The first-order chi connectivity index (χ1) is 14.3. The number of nitrogens with one attached hydrogen (secondary N) is 1. The summed E-state index contributed by atoms with van der Waals surface area (Å²) in [6.07, 6.45) is 0. The monoisotopic (exact) mass is 434 g/mol. The van der Waals surface area contributed by atoms with Gasteiger partial charge in [-0.25, -0.2) is 4.79 Å². The Labute approximate surface area is 174 Å². The largest absolute Gasteiger partial charge is 0.454 e. The molecule has 1 N–H and O–H groups in total. The summed E-state index contributed by atoms with van der Waals surface area (Å²) in [6.45, 7) is 0.696. The first-order valence-corrected chi connectivity index (χ1v) is 9.64. The molecular formula is C20H16F2N2O5S. The number of ether oxygens (including phenoxy) is 1. The zero-order chi connectivity index (χ0) is 21.8. The predicted molar refractivity (Wildman–Crippen MR) is 104 cm³/mol. The molecule has 3 rings (SSSR count). The molecule has 0 radical (unpaired) electrons. The van der Waals surface area contributed by atoms with Crippen LogP contribution in [0.3, 0.4) is 0 Å². The molecule has 0 bridgehead atoms. The quantitative estimate of drug-likeness (QED) is 0.409. The van der Waals surface area contributed by atoms with Crippen LogP contribution in [0.5, 0.6) is 0 Å². The van der Waals surface area contributed by atoms with E-state index in [0.29, 0.717) is 22.3 Å². The first kappa shape index (κ1) is 21.4. The van der Waals surface area contributed by atoms with Crippen LogP contribution in [0.15, 0.2) is 53.4 Å². The molecule has 3 amide bonds. The molecule has 0 aromatic heterocycles. The van der Waals surface area contributed by atoms with Crippen molar-refractivity contribution in [2.24, 2.45) is 0 Å². The highest BCUT2D eigenvalue weighted by Gasteiger charge is 2.41. The van der Waals surface area contributed by atoms with Crippen molar-refractivity contribution in [2.45, 2.75) is 23.6 Å². The number of hydrogen-bond acceptors (Lipinski definition) is 6. The van der Waals surface area contributed by atoms with Crippen molar-refractivity contribution in [3.8, 4) is 0 Å². The Bertz CT molecular complexity index is 962. The summed E-state index contributed by atoms with van der Waals surface area (Å²) in [5.74, 6) is -5.33. The summed E-state index contributed by atoms with van der Waals surface area (Å²) in [5.41, 5.74) is 0.741. The molecule has 0 aliphatic carbocycles. The molecule has 30 heavy (non-hydrogen) atoms. The molecule has 1 aliphatic heterocycles. The Balaban J connectivity index is 1.53. The molecule has 2 aromatic carbocycles. The molecular weight excluding hydrogens is 418 g/mol. The first-order valence-electron chi connectivity index (χ1n) is 8.76. The van der Waals surface area contributed by atoms with Crippen LogP contribution in [0.1, 0.15) is 27.6 Å². The van der Waals surface area contributed by atoms with E-state index in [9.17, 15) is 28.0 Å². The SMILES string of the molecule is C[C@H](C(=O)OCC(=O)Nc1ccc(SC(F)F)cc1)N1C(=O)c2ccccc2C1=O. The van der Waals surface area contributed by atoms with E-state index >= 15 is 0 Å². The molecule has 156 valence electrons. The van der Waals surface area contributed by atoms with Crippen molar-refractivity contribution >= 4 is 41.1 Å². The van der Waals surface area contributed by atoms with Crippen LogP contribution in [0.25, 0.3) is 0 Å². The van der Waals surface area contributed by atoms with Gasteiger partial charge in [-0.1, -0.05) is 23.9 Å². The normalized spacial score (nSPS) is 13.9. The summed E-state index contributed by atoms with van der Waals surface area (Å²) >= 11 is 0.376. The fraction of sp³-hybridized carbons (Fsp3) is 0.200. The van der Waals surface area contributed by atoms with Crippen molar-refractivity contribution < 1.29 is 32.7 Å². The summed E-state index contributed by atoms with van der Waals surface area (Å²) in [4.78, 5) is 50.1. The van der Waals surface area contributed by atoms with E-state index in [1.807, 2.05) is 0 Å². The van der Waals surface area contributed by atoms with Gasteiger partial charge in [-0.15, -0.1) is 0 Å². The third-order valence-corrected chi connectivity index (χ3v) is 4.99. The summed E-state index contributed by atoms with van der Waals surface area (Å²) in [5, 5.41) is 2.46. The third-order valence-electron chi connectivity index (χ3n) is 4.26. The van der Waals surface area contributed by atoms with E-state index in [-0.39, 0.29) is 11.1 Å². The Morgan fingerprint density at radius 3 is 2.13 bits per heavy atom. The second-order valence-electron chi connectivity index (χ2n) is 6.26. The standard InChI is InChI=1S/C20H16F2N2O5S/c1-11(24-17(26)14-4-2-3-5-15(14)18(24)27)19(28)29-10-16(25)23-12-6-8-13(9-7-12)30-20(21)22/h2-9,11,20H,10H2,1H3,(H,23,25)/t11-/m1/s1. The number of amides is 3. The van der Waals surface area contributed by atoms with E-state index in [2.05, 4.69) is 5.32 Å². The zero-order valence-electron chi connectivity index (χ0n) is 15.6. The number of benzene rings is 2. The molecule has 0 fully saturated rings. The van der Waals surface area contributed by atoms with Gasteiger partial charge in [-0.05, 0) is 43.3 Å². The van der Waals surface area contributed by atoms with E-state index in [0.717, 1.165) is 4.90 Å². The molecule has 0 saturated heterocycles. The molecule has 2 aromatic rings. The number of carbonyl (C=O) groups is 4. The number of rotatable bonds is 7. The number of nitrogens with zero attached hydrogens (tertiary/aromatic N) is 1. The van der Waals surface area contributed by atoms with Crippen LogP contribution in [-0.2, 0) is 14.3 Å². The molecule has 10 heteroatoms.